The molecular weight excluding hydrogens is 476 g/mol. The van der Waals surface area contributed by atoms with E-state index in [4.69, 9.17) is 14.6 Å². The number of rotatable bonds is 9. The lowest BCUT2D eigenvalue weighted by molar-refractivity contribution is 0.0888. The van der Waals surface area contributed by atoms with Crippen molar-refractivity contribution in [2.45, 2.75) is 31.2 Å². The van der Waals surface area contributed by atoms with Crippen molar-refractivity contribution in [3.63, 3.8) is 0 Å². The molecule has 0 bridgehead atoms. The summed E-state index contributed by atoms with van der Waals surface area (Å²) >= 11 is 1.21. The average molecular weight is 505 g/mol. The van der Waals surface area contributed by atoms with E-state index in [1.165, 1.54) is 16.8 Å². The second kappa shape index (κ2) is 11.7. The van der Waals surface area contributed by atoms with Crippen LogP contribution in [0.5, 0.6) is 11.5 Å². The van der Waals surface area contributed by atoms with Gasteiger partial charge < -0.3 is 14.8 Å². The number of pyridine rings is 1. The van der Waals surface area contributed by atoms with Crippen LogP contribution in [0.15, 0.2) is 78.2 Å². The summed E-state index contributed by atoms with van der Waals surface area (Å²) in [6.45, 7) is 2.02. The smallest absolute Gasteiger partial charge is 0.304 e. The highest BCUT2D eigenvalue weighted by atomic mass is 32.2. The lowest BCUT2D eigenvalue weighted by atomic mass is 10.0. The zero-order valence-electron chi connectivity index (χ0n) is 20.4. The van der Waals surface area contributed by atoms with Crippen molar-refractivity contribution in [3.8, 4) is 11.5 Å². The lowest BCUT2D eigenvalue weighted by Gasteiger charge is -2.34. The number of thioether (sulfide) groups is 1. The average Bonchev–Trinajstić information content (AvgIpc) is 2.93. The fourth-order valence-electron chi connectivity index (χ4n) is 3.94. The monoisotopic (exact) mass is 504 g/mol. The molecule has 1 aromatic heterocycles. The summed E-state index contributed by atoms with van der Waals surface area (Å²) < 4.78 is 10.9. The molecule has 4 rings (SSSR count). The molecule has 0 saturated heterocycles. The minimum absolute atomic E-state index is 0.139. The van der Waals surface area contributed by atoms with Crippen molar-refractivity contribution in [1.82, 2.24) is 15.3 Å². The topological polar surface area (TPSA) is 93.1 Å². The highest BCUT2D eigenvalue weighted by Crippen LogP contribution is 2.34. The maximum atomic E-state index is 13.3. The number of amides is 2. The number of ether oxygens (including phenoxy) is 2. The van der Waals surface area contributed by atoms with Crippen LogP contribution in [-0.4, -0.2) is 52.5 Å². The van der Waals surface area contributed by atoms with Crippen LogP contribution in [0.1, 0.15) is 34.8 Å². The van der Waals surface area contributed by atoms with Crippen LogP contribution in [0.2, 0.25) is 0 Å². The van der Waals surface area contributed by atoms with Crippen molar-refractivity contribution in [1.29, 1.82) is 0 Å². The van der Waals surface area contributed by atoms with E-state index in [0.29, 0.717) is 29.9 Å². The third kappa shape index (κ3) is 5.68. The molecule has 0 fully saturated rings. The van der Waals surface area contributed by atoms with E-state index < -0.39 is 6.17 Å². The number of methoxy groups -OCH3 is 2. The van der Waals surface area contributed by atoms with Crippen LogP contribution in [-0.2, 0) is 6.42 Å². The van der Waals surface area contributed by atoms with Crippen LogP contribution in [0, 0.1) is 0 Å². The van der Waals surface area contributed by atoms with Gasteiger partial charge in [0.15, 0.2) is 11.5 Å². The minimum atomic E-state index is -0.694. The number of hydrogen-bond acceptors (Lipinski definition) is 7. The quantitative estimate of drug-likeness (QED) is 0.452. The van der Waals surface area contributed by atoms with Gasteiger partial charge in [-0.3, -0.25) is 14.6 Å². The van der Waals surface area contributed by atoms with E-state index >= 15 is 0 Å². The van der Waals surface area contributed by atoms with Gasteiger partial charge in [0, 0.05) is 29.9 Å². The van der Waals surface area contributed by atoms with Gasteiger partial charge in [0.25, 0.3) is 5.91 Å². The zero-order valence-corrected chi connectivity index (χ0v) is 21.2. The molecule has 3 aromatic rings. The molecule has 0 saturated carbocycles. The SMILES string of the molecule is CCC1SC(=O)N(C(Cc2ccccc2)NC(=O)c2ccncc2)N=C1c1ccc(OC)c(OC)c1. The molecule has 2 aromatic carbocycles. The predicted octanol–water partition coefficient (Wildman–Crippen LogP) is 4.75. The molecule has 2 unspecified atom stereocenters. The number of nitrogens with zero attached hydrogens (tertiary/aromatic N) is 3. The predicted molar refractivity (Wildman–Crippen MR) is 141 cm³/mol. The fraction of sp³-hybridized carbons (Fsp3) is 0.259. The summed E-state index contributed by atoms with van der Waals surface area (Å²) in [4.78, 5) is 30.3. The van der Waals surface area contributed by atoms with E-state index in [0.717, 1.165) is 16.8 Å². The molecular formula is C27H28N4O4S. The van der Waals surface area contributed by atoms with Crippen molar-refractivity contribution in [2.24, 2.45) is 5.10 Å². The Hall–Kier alpha value is -3.85. The second-order valence-electron chi connectivity index (χ2n) is 8.10. The van der Waals surface area contributed by atoms with Crippen molar-refractivity contribution in [3.05, 3.63) is 89.7 Å². The Bertz CT molecular complexity index is 1240. The molecule has 2 atom stereocenters. The van der Waals surface area contributed by atoms with Crippen LogP contribution in [0.25, 0.3) is 0 Å². The van der Waals surface area contributed by atoms with E-state index in [9.17, 15) is 9.59 Å². The Morgan fingerprint density at radius 3 is 2.44 bits per heavy atom. The molecule has 1 aliphatic heterocycles. The molecule has 0 aliphatic carbocycles. The molecule has 36 heavy (non-hydrogen) atoms. The third-order valence-electron chi connectivity index (χ3n) is 5.81. The summed E-state index contributed by atoms with van der Waals surface area (Å²) in [5.74, 6) is 0.877. The van der Waals surface area contributed by atoms with Gasteiger partial charge in [0.05, 0.1) is 25.2 Å². The van der Waals surface area contributed by atoms with Gasteiger partial charge in [0.1, 0.15) is 6.17 Å². The van der Waals surface area contributed by atoms with Gasteiger partial charge >= 0.3 is 5.24 Å². The Labute approximate surface area is 214 Å². The Balaban J connectivity index is 1.73. The number of hydrazone groups is 1. The number of hydrogen-bond donors (Lipinski definition) is 1. The lowest BCUT2D eigenvalue weighted by Crippen LogP contribution is -2.51. The Morgan fingerprint density at radius 2 is 1.78 bits per heavy atom. The standard InChI is InChI=1S/C27H28N4O4S/c1-4-23-25(20-10-11-21(34-2)22(17-20)35-3)30-31(27(33)36-23)24(16-18-8-6-5-7-9-18)29-26(32)19-12-14-28-15-13-19/h5-15,17,23-24H,4,16H2,1-3H3,(H,29,32). The first-order valence-electron chi connectivity index (χ1n) is 11.6. The summed E-state index contributed by atoms with van der Waals surface area (Å²) in [5, 5.41) is 8.84. The van der Waals surface area contributed by atoms with Crippen LogP contribution in [0.4, 0.5) is 4.79 Å². The molecule has 2 heterocycles. The van der Waals surface area contributed by atoms with Crippen molar-refractivity contribution >= 4 is 28.6 Å². The number of nitrogens with one attached hydrogen (secondary N) is 1. The summed E-state index contributed by atoms with van der Waals surface area (Å²) in [7, 11) is 3.16. The Morgan fingerprint density at radius 1 is 1.06 bits per heavy atom. The first-order valence-corrected chi connectivity index (χ1v) is 12.5. The molecule has 1 N–H and O–H groups in total. The van der Waals surface area contributed by atoms with Crippen LogP contribution >= 0.6 is 11.8 Å². The zero-order chi connectivity index (χ0) is 25.5. The molecule has 2 amide bonds. The molecule has 1 aliphatic rings. The molecule has 0 spiro atoms. The first-order chi connectivity index (χ1) is 17.5. The molecule has 0 radical (unpaired) electrons. The van der Waals surface area contributed by atoms with Crippen molar-refractivity contribution in [2.75, 3.05) is 14.2 Å². The van der Waals surface area contributed by atoms with Gasteiger partial charge in [0.2, 0.25) is 0 Å². The Kier molecular flexibility index (Phi) is 8.22. The summed E-state index contributed by atoms with van der Waals surface area (Å²) in [6, 6.07) is 18.5. The van der Waals surface area contributed by atoms with E-state index in [2.05, 4.69) is 10.3 Å². The second-order valence-corrected chi connectivity index (χ2v) is 9.25. The maximum absolute atomic E-state index is 13.3. The highest BCUT2D eigenvalue weighted by Gasteiger charge is 2.35. The molecule has 186 valence electrons. The normalized spacial score (nSPS) is 16.2. The van der Waals surface area contributed by atoms with E-state index in [-0.39, 0.29) is 16.4 Å². The van der Waals surface area contributed by atoms with Crippen LogP contribution in [0.3, 0.4) is 0 Å². The number of aromatic nitrogens is 1. The number of carbonyl (C=O) groups excluding carboxylic acids is 2. The largest absolute Gasteiger partial charge is 0.493 e. The van der Waals surface area contributed by atoms with Crippen LogP contribution < -0.4 is 14.8 Å². The van der Waals surface area contributed by atoms with E-state index in [1.54, 1.807) is 38.7 Å². The van der Waals surface area contributed by atoms with Gasteiger partial charge in [-0.05, 0) is 42.3 Å². The van der Waals surface area contributed by atoms with Gasteiger partial charge in [-0.1, -0.05) is 49.0 Å². The maximum Gasteiger partial charge on any atom is 0.304 e. The summed E-state index contributed by atoms with van der Waals surface area (Å²) in [5.41, 5.74) is 2.98. The van der Waals surface area contributed by atoms with E-state index in [1.807, 2.05) is 55.5 Å². The highest BCUT2D eigenvalue weighted by molar-refractivity contribution is 8.14. The van der Waals surface area contributed by atoms with Gasteiger partial charge in [-0.2, -0.15) is 5.10 Å². The number of carbonyl (C=O) groups is 2. The third-order valence-corrected chi connectivity index (χ3v) is 7.04. The van der Waals surface area contributed by atoms with Gasteiger partial charge in [-0.15, -0.1) is 0 Å². The fourth-order valence-corrected chi connectivity index (χ4v) is 4.92. The summed E-state index contributed by atoms with van der Waals surface area (Å²) in [6.07, 6.45) is 3.53. The number of benzene rings is 2. The van der Waals surface area contributed by atoms with Crippen molar-refractivity contribution < 1.29 is 19.1 Å². The molecule has 8 nitrogen and oxygen atoms in total. The first kappa shape index (κ1) is 25.2. The molecule has 9 heteroatoms. The minimum Gasteiger partial charge on any atom is -0.493 e. The van der Waals surface area contributed by atoms with Gasteiger partial charge in [-0.25, -0.2) is 5.01 Å².